The second-order valence-electron chi connectivity index (χ2n) is 2.31. The molecule has 1 aromatic rings. The smallest absolute Gasteiger partial charge is 0.207 e. The molecule has 0 unspecified atom stereocenters. The Balaban J connectivity index is 3.54. The quantitative estimate of drug-likeness (QED) is 0.749. The number of hydrogen-bond acceptors (Lipinski definition) is 3. The standard InChI is InChI=1S/C7H2BrCl2NO2S/c8-5-2-7(14(10,12)13)6(9)1-4(5)3-11/h1-2H. The topological polar surface area (TPSA) is 57.9 Å². The van der Waals surface area contributed by atoms with Crippen LogP contribution in [0, 0.1) is 11.3 Å². The maximum Gasteiger partial charge on any atom is 0.262 e. The first kappa shape index (κ1) is 11.8. The Morgan fingerprint density at radius 3 is 2.43 bits per heavy atom. The van der Waals surface area contributed by atoms with Crippen LogP contribution in [0.4, 0.5) is 0 Å². The second kappa shape index (κ2) is 4.07. The third-order valence-corrected chi connectivity index (χ3v) is 3.85. The molecule has 0 saturated heterocycles. The molecule has 1 rings (SSSR count). The van der Waals surface area contributed by atoms with Gasteiger partial charge in [-0.2, -0.15) is 5.26 Å². The monoisotopic (exact) mass is 313 g/mol. The third-order valence-electron chi connectivity index (χ3n) is 1.40. The fourth-order valence-corrected chi connectivity index (χ4v) is 2.90. The lowest BCUT2D eigenvalue weighted by atomic mass is 10.2. The molecular weight excluding hydrogens is 313 g/mol. The number of hydrogen-bond donors (Lipinski definition) is 0. The SMILES string of the molecule is N#Cc1cc(Cl)c(S(=O)(=O)Cl)cc1Br. The molecule has 0 bridgehead atoms. The highest BCUT2D eigenvalue weighted by atomic mass is 79.9. The van der Waals surface area contributed by atoms with E-state index in [4.69, 9.17) is 27.5 Å². The van der Waals surface area contributed by atoms with Crippen LogP contribution in [0.15, 0.2) is 21.5 Å². The third kappa shape index (κ3) is 2.39. The summed E-state index contributed by atoms with van der Waals surface area (Å²) in [7, 11) is 1.24. The zero-order valence-corrected chi connectivity index (χ0v) is 10.4. The van der Waals surface area contributed by atoms with Gasteiger partial charge >= 0.3 is 0 Å². The molecular formula is C7H2BrCl2NO2S. The Labute approximate surface area is 98.8 Å². The maximum absolute atomic E-state index is 11.0. The highest BCUT2D eigenvalue weighted by molar-refractivity contribution is 9.10. The van der Waals surface area contributed by atoms with Crippen LogP contribution in [-0.4, -0.2) is 8.42 Å². The van der Waals surface area contributed by atoms with E-state index in [0.29, 0.717) is 4.47 Å². The van der Waals surface area contributed by atoms with E-state index in [1.165, 1.54) is 12.1 Å². The molecule has 1 aromatic carbocycles. The predicted octanol–water partition coefficient (Wildman–Crippen LogP) is 2.90. The van der Waals surface area contributed by atoms with Crippen LogP contribution < -0.4 is 0 Å². The zero-order valence-electron chi connectivity index (χ0n) is 6.46. The van der Waals surface area contributed by atoms with E-state index in [2.05, 4.69) is 15.9 Å². The van der Waals surface area contributed by atoms with Gasteiger partial charge in [0.05, 0.1) is 10.6 Å². The minimum Gasteiger partial charge on any atom is -0.207 e. The van der Waals surface area contributed by atoms with Crippen LogP contribution in [0.3, 0.4) is 0 Å². The molecule has 7 heteroatoms. The molecule has 14 heavy (non-hydrogen) atoms. The van der Waals surface area contributed by atoms with Crippen molar-refractivity contribution >= 4 is 47.3 Å². The number of halogens is 3. The van der Waals surface area contributed by atoms with Gasteiger partial charge in [0, 0.05) is 15.2 Å². The molecule has 0 saturated carbocycles. The summed E-state index contributed by atoms with van der Waals surface area (Å²) in [5.74, 6) is 0. The Morgan fingerprint density at radius 2 is 2.00 bits per heavy atom. The van der Waals surface area contributed by atoms with Crippen LogP contribution in [0.2, 0.25) is 5.02 Å². The summed E-state index contributed by atoms with van der Waals surface area (Å²) >= 11 is 8.66. The number of nitriles is 1. The lowest BCUT2D eigenvalue weighted by Gasteiger charge is -2.02. The zero-order chi connectivity index (χ0) is 10.9. The van der Waals surface area contributed by atoms with Gasteiger partial charge in [0.2, 0.25) is 0 Å². The van der Waals surface area contributed by atoms with Crippen molar-refractivity contribution in [1.82, 2.24) is 0 Å². The average Bonchev–Trinajstić information content (AvgIpc) is 2.06. The summed E-state index contributed by atoms with van der Waals surface area (Å²) in [4.78, 5) is -0.216. The Bertz CT molecular complexity index is 521. The maximum atomic E-state index is 11.0. The van der Waals surface area contributed by atoms with Crippen molar-refractivity contribution in [3.8, 4) is 6.07 Å². The molecule has 0 radical (unpaired) electrons. The van der Waals surface area contributed by atoms with Crippen molar-refractivity contribution < 1.29 is 8.42 Å². The van der Waals surface area contributed by atoms with Gasteiger partial charge in [-0.05, 0) is 28.1 Å². The van der Waals surface area contributed by atoms with Crippen molar-refractivity contribution in [1.29, 1.82) is 5.26 Å². The average molecular weight is 315 g/mol. The molecule has 0 aliphatic heterocycles. The molecule has 0 aromatic heterocycles. The van der Waals surface area contributed by atoms with Crippen LogP contribution in [0.25, 0.3) is 0 Å². The van der Waals surface area contributed by atoms with Gasteiger partial charge in [-0.1, -0.05) is 11.6 Å². The van der Waals surface area contributed by atoms with Crippen LogP contribution >= 0.6 is 38.2 Å². The summed E-state index contributed by atoms with van der Waals surface area (Å²) in [6.45, 7) is 0. The van der Waals surface area contributed by atoms with Gasteiger partial charge < -0.3 is 0 Å². The summed E-state index contributed by atoms with van der Waals surface area (Å²) in [5, 5.41) is 8.55. The van der Waals surface area contributed by atoms with E-state index >= 15 is 0 Å². The van der Waals surface area contributed by atoms with Crippen molar-refractivity contribution in [3.05, 3.63) is 27.2 Å². The normalized spacial score (nSPS) is 11.0. The molecule has 0 amide bonds. The van der Waals surface area contributed by atoms with E-state index in [9.17, 15) is 8.42 Å². The van der Waals surface area contributed by atoms with Gasteiger partial charge in [-0.25, -0.2) is 8.42 Å². The number of rotatable bonds is 1. The van der Waals surface area contributed by atoms with Crippen LogP contribution in [0.1, 0.15) is 5.56 Å². The van der Waals surface area contributed by atoms with E-state index in [-0.39, 0.29) is 15.5 Å². The summed E-state index contributed by atoms with van der Waals surface area (Å²) in [5.41, 5.74) is 0.249. The first-order valence-corrected chi connectivity index (χ1v) is 6.68. The molecule has 3 nitrogen and oxygen atoms in total. The van der Waals surface area contributed by atoms with E-state index in [0.717, 1.165) is 0 Å². The number of benzene rings is 1. The lowest BCUT2D eigenvalue weighted by molar-refractivity contribution is 0.609. The molecule has 0 spiro atoms. The minimum absolute atomic E-state index is 0.0697. The predicted molar refractivity (Wildman–Crippen MR) is 56.9 cm³/mol. The fourth-order valence-electron chi connectivity index (χ4n) is 0.801. The first-order valence-electron chi connectivity index (χ1n) is 3.20. The van der Waals surface area contributed by atoms with Crippen molar-refractivity contribution in [2.75, 3.05) is 0 Å². The highest BCUT2D eigenvalue weighted by Crippen LogP contribution is 2.30. The Kier molecular flexibility index (Phi) is 3.43. The molecule has 0 aliphatic rings. The van der Waals surface area contributed by atoms with E-state index in [1.54, 1.807) is 0 Å². The molecule has 0 atom stereocenters. The summed E-state index contributed by atoms with van der Waals surface area (Å²) in [6.07, 6.45) is 0. The van der Waals surface area contributed by atoms with Gasteiger partial charge in [-0.15, -0.1) is 0 Å². The summed E-state index contributed by atoms with van der Waals surface area (Å²) < 4.78 is 22.3. The molecule has 0 N–H and O–H groups in total. The fraction of sp³-hybridized carbons (Fsp3) is 0. The van der Waals surface area contributed by atoms with Crippen LogP contribution in [0.5, 0.6) is 0 Å². The van der Waals surface area contributed by atoms with E-state index < -0.39 is 9.05 Å². The largest absolute Gasteiger partial charge is 0.262 e. The van der Waals surface area contributed by atoms with Crippen molar-refractivity contribution in [2.45, 2.75) is 4.90 Å². The Hall–Kier alpha value is -0.280. The van der Waals surface area contributed by atoms with Gasteiger partial charge in [-0.3, -0.25) is 0 Å². The van der Waals surface area contributed by atoms with E-state index in [1.807, 2.05) is 6.07 Å². The van der Waals surface area contributed by atoms with Gasteiger partial charge in [0.1, 0.15) is 11.0 Å². The van der Waals surface area contributed by atoms with Crippen molar-refractivity contribution in [3.63, 3.8) is 0 Å². The van der Waals surface area contributed by atoms with Gasteiger partial charge in [0.15, 0.2) is 0 Å². The van der Waals surface area contributed by atoms with Gasteiger partial charge in [0.25, 0.3) is 9.05 Å². The first-order chi connectivity index (χ1) is 6.36. The summed E-state index contributed by atoms with van der Waals surface area (Å²) in [6, 6.07) is 4.28. The van der Waals surface area contributed by atoms with Crippen LogP contribution in [-0.2, 0) is 9.05 Å². The number of nitrogens with zero attached hydrogens (tertiary/aromatic N) is 1. The molecule has 0 heterocycles. The van der Waals surface area contributed by atoms with Crippen molar-refractivity contribution in [2.24, 2.45) is 0 Å². The Morgan fingerprint density at radius 1 is 1.43 bits per heavy atom. The molecule has 74 valence electrons. The highest BCUT2D eigenvalue weighted by Gasteiger charge is 2.17. The lowest BCUT2D eigenvalue weighted by Crippen LogP contribution is -1.93. The molecule has 0 fully saturated rings. The minimum atomic E-state index is -3.88. The second-order valence-corrected chi connectivity index (χ2v) is 6.11. The molecule has 0 aliphatic carbocycles.